The van der Waals surface area contributed by atoms with E-state index in [0.29, 0.717) is 16.9 Å². The third kappa shape index (κ3) is 6.91. The molecule has 51 heavy (non-hydrogen) atoms. The van der Waals surface area contributed by atoms with Gasteiger partial charge in [-0.2, -0.15) is 0 Å². The van der Waals surface area contributed by atoms with Gasteiger partial charge in [-0.1, -0.05) is 32.8 Å². The van der Waals surface area contributed by atoms with Crippen molar-refractivity contribution in [3.63, 3.8) is 0 Å². The summed E-state index contributed by atoms with van der Waals surface area (Å²) in [5.41, 5.74) is 7.73. The maximum absolute atomic E-state index is 14.1. The molecule has 0 spiro atoms. The highest BCUT2D eigenvalue weighted by Crippen LogP contribution is 2.47. The zero-order valence-electron chi connectivity index (χ0n) is 28.5. The Morgan fingerprint density at radius 2 is 1.90 bits per heavy atom. The Morgan fingerprint density at radius 3 is 2.63 bits per heavy atom. The van der Waals surface area contributed by atoms with Gasteiger partial charge >= 0.3 is 18.1 Å². The van der Waals surface area contributed by atoms with Gasteiger partial charge in [0.2, 0.25) is 5.60 Å². The van der Waals surface area contributed by atoms with E-state index in [1.165, 1.54) is 0 Å². The van der Waals surface area contributed by atoms with Crippen molar-refractivity contribution < 1.29 is 41.7 Å². The molecule has 0 fully saturated rings. The van der Waals surface area contributed by atoms with Crippen molar-refractivity contribution in [3.8, 4) is 11.4 Å². The Balaban J connectivity index is 0.00000504. The summed E-state index contributed by atoms with van der Waals surface area (Å²) in [7, 11) is -3.94. The molecule has 17 heteroatoms. The van der Waals surface area contributed by atoms with Crippen molar-refractivity contribution in [2.45, 2.75) is 71.2 Å². The minimum absolute atomic E-state index is 0. The quantitative estimate of drug-likeness (QED) is 0.118. The van der Waals surface area contributed by atoms with Crippen LogP contribution in [0.15, 0.2) is 34.1 Å². The van der Waals surface area contributed by atoms with Crippen LogP contribution in [0, 0.1) is 0 Å². The van der Waals surface area contributed by atoms with E-state index in [1.807, 2.05) is 24.5 Å². The number of rotatable bonds is 13. The zero-order valence-corrected chi connectivity index (χ0v) is 30.1. The zero-order chi connectivity index (χ0) is 35.8. The van der Waals surface area contributed by atoms with Crippen LogP contribution in [0.5, 0.6) is 0 Å². The number of anilines is 1. The van der Waals surface area contributed by atoms with Crippen LogP contribution in [-0.4, -0.2) is 79.7 Å². The SMILES string of the molecule is CCCCCN1C=Nc2cccc3nc4c(c1c23)Cn1c-4cc2c(c1=O)COC(=O)[C@@]2(CC)OC(=O)OCCS(=O)(=O)C[C@H](N)C(=O)OCC.Cl. The van der Waals surface area contributed by atoms with Crippen molar-refractivity contribution in [1.82, 2.24) is 9.55 Å². The molecule has 0 radical (unpaired) electrons. The maximum Gasteiger partial charge on any atom is 0.509 e. The number of unbranched alkanes of at least 4 members (excludes halogenated alkanes) is 2. The summed E-state index contributed by atoms with van der Waals surface area (Å²) in [5, 5.41) is 0.897. The van der Waals surface area contributed by atoms with Crippen LogP contribution in [0.25, 0.3) is 22.3 Å². The number of esters is 2. The highest BCUT2D eigenvalue weighted by molar-refractivity contribution is 7.91. The number of fused-ring (bicyclic) bond motifs is 5. The van der Waals surface area contributed by atoms with E-state index in [1.54, 1.807) is 24.5 Å². The van der Waals surface area contributed by atoms with Crippen LogP contribution >= 0.6 is 12.4 Å². The number of halogens is 1. The van der Waals surface area contributed by atoms with Crippen molar-refractivity contribution in [2.24, 2.45) is 10.7 Å². The molecule has 15 nitrogen and oxygen atoms in total. The first-order valence-electron chi connectivity index (χ1n) is 16.6. The molecule has 6 rings (SSSR count). The summed E-state index contributed by atoms with van der Waals surface area (Å²) in [6, 6.07) is 5.94. The van der Waals surface area contributed by atoms with Crippen LogP contribution in [0.4, 0.5) is 16.2 Å². The van der Waals surface area contributed by atoms with Gasteiger partial charge in [-0.05, 0) is 38.0 Å². The molecular weight excluding hydrogens is 706 g/mol. The van der Waals surface area contributed by atoms with Gasteiger partial charge in [-0.25, -0.2) is 28.0 Å². The number of pyridine rings is 2. The molecule has 0 aliphatic carbocycles. The largest absolute Gasteiger partial charge is 0.509 e. The van der Waals surface area contributed by atoms with Crippen molar-refractivity contribution in [2.75, 3.05) is 36.2 Å². The molecule has 0 saturated carbocycles. The van der Waals surface area contributed by atoms with Crippen LogP contribution in [-0.2, 0) is 57.1 Å². The molecule has 274 valence electrons. The minimum Gasteiger partial charge on any atom is -0.465 e. The number of hydrogen-bond acceptors (Lipinski definition) is 14. The molecule has 0 unspecified atom stereocenters. The van der Waals surface area contributed by atoms with Gasteiger partial charge in [0.05, 0.1) is 70.2 Å². The number of aliphatic imine (C=N–C) groups is 1. The van der Waals surface area contributed by atoms with Gasteiger partial charge in [0, 0.05) is 17.7 Å². The van der Waals surface area contributed by atoms with E-state index in [-0.39, 0.29) is 49.7 Å². The number of ether oxygens (including phenoxy) is 4. The Kier molecular flexibility index (Phi) is 11.1. The molecule has 5 heterocycles. The summed E-state index contributed by atoms with van der Waals surface area (Å²) >= 11 is 0. The third-order valence-electron chi connectivity index (χ3n) is 9.15. The lowest BCUT2D eigenvalue weighted by molar-refractivity contribution is -0.175. The Labute approximate surface area is 300 Å². The average Bonchev–Trinajstić information content (AvgIpc) is 3.45. The number of benzene rings is 1. The van der Waals surface area contributed by atoms with E-state index in [4.69, 9.17) is 29.7 Å². The summed E-state index contributed by atoms with van der Waals surface area (Å²) in [4.78, 5) is 64.0. The number of aromatic nitrogens is 2. The molecular formula is C34H40ClN5O10S. The Hall–Kier alpha value is -4.54. The minimum atomic E-state index is -3.94. The molecule has 0 bridgehead atoms. The second-order valence-electron chi connectivity index (χ2n) is 12.3. The van der Waals surface area contributed by atoms with Gasteiger partial charge < -0.3 is 34.1 Å². The number of hydrogen-bond donors (Lipinski definition) is 1. The van der Waals surface area contributed by atoms with E-state index in [2.05, 4.69) is 16.8 Å². The molecule has 3 aliphatic rings. The van der Waals surface area contributed by atoms with Crippen molar-refractivity contribution in [1.29, 1.82) is 0 Å². The monoisotopic (exact) mass is 745 g/mol. The van der Waals surface area contributed by atoms with Crippen molar-refractivity contribution in [3.05, 3.63) is 51.3 Å². The predicted octanol–water partition coefficient (Wildman–Crippen LogP) is 3.64. The number of carbonyl (C=O) groups excluding carboxylic acids is 3. The third-order valence-corrected chi connectivity index (χ3v) is 10.8. The highest BCUT2D eigenvalue weighted by Gasteiger charge is 2.51. The lowest BCUT2D eigenvalue weighted by Crippen LogP contribution is -2.47. The molecule has 0 amide bonds. The van der Waals surface area contributed by atoms with Crippen LogP contribution in [0.2, 0.25) is 0 Å². The second kappa shape index (κ2) is 15.0. The Morgan fingerprint density at radius 1 is 1.12 bits per heavy atom. The fraction of sp³-hybridized carbons (Fsp3) is 0.471. The fourth-order valence-electron chi connectivity index (χ4n) is 6.66. The van der Waals surface area contributed by atoms with Crippen LogP contribution in [0.1, 0.15) is 63.1 Å². The van der Waals surface area contributed by atoms with Gasteiger partial charge in [-0.15, -0.1) is 12.4 Å². The maximum atomic E-state index is 14.1. The lowest BCUT2D eigenvalue weighted by atomic mass is 9.85. The first kappa shape index (κ1) is 37.7. The van der Waals surface area contributed by atoms with Gasteiger partial charge in [-0.3, -0.25) is 9.59 Å². The number of carbonyl (C=O) groups is 3. The average molecular weight is 746 g/mol. The van der Waals surface area contributed by atoms with E-state index in [9.17, 15) is 27.6 Å². The second-order valence-corrected chi connectivity index (χ2v) is 14.6. The fourth-order valence-corrected chi connectivity index (χ4v) is 7.85. The summed E-state index contributed by atoms with van der Waals surface area (Å²) in [6.07, 6.45) is 3.41. The highest BCUT2D eigenvalue weighted by atomic mass is 35.5. The van der Waals surface area contributed by atoms with E-state index in [0.717, 1.165) is 48.1 Å². The summed E-state index contributed by atoms with van der Waals surface area (Å²) < 4.78 is 47.4. The molecule has 2 aromatic heterocycles. The Bertz CT molecular complexity index is 2090. The van der Waals surface area contributed by atoms with Gasteiger partial charge in [0.25, 0.3) is 5.56 Å². The van der Waals surface area contributed by atoms with Gasteiger partial charge in [0.15, 0.2) is 9.84 Å². The topological polar surface area (TPSA) is 199 Å². The summed E-state index contributed by atoms with van der Waals surface area (Å²) in [5.74, 6) is -3.14. The summed E-state index contributed by atoms with van der Waals surface area (Å²) in [6.45, 7) is 5.32. The molecule has 3 aliphatic heterocycles. The predicted molar refractivity (Wildman–Crippen MR) is 190 cm³/mol. The number of sulfone groups is 1. The number of nitrogens with two attached hydrogens (primary N) is 1. The molecule has 1 aromatic carbocycles. The van der Waals surface area contributed by atoms with Crippen LogP contribution in [0.3, 0.4) is 0 Å². The molecule has 2 atom stereocenters. The standard InChI is InChI=1S/C34H39N5O10S.ClH/c1-4-7-8-12-38-19-36-24-10-9-11-25-27(24)29(38)20-16-39-26(28(20)37-25)15-22-21(30(39)40)17-48-32(42)34(22,5-2)49-33(43)47-13-14-50(44,45)18-23(35)31(41)46-6-3;/h9-11,15,19,23H,4-8,12-14,16-18,35H2,1-3H3;1H/t23-,34-;/m0./s1. The molecule has 2 N–H and O–H groups in total. The van der Waals surface area contributed by atoms with E-state index < -0.39 is 63.2 Å². The van der Waals surface area contributed by atoms with Crippen molar-refractivity contribution >= 4 is 69.0 Å². The number of nitrogens with zero attached hydrogens (tertiary/aromatic N) is 4. The molecule has 0 saturated heterocycles. The molecule has 3 aromatic rings. The first-order chi connectivity index (χ1) is 23.9. The lowest BCUT2D eigenvalue weighted by Gasteiger charge is -2.35. The van der Waals surface area contributed by atoms with Gasteiger partial charge in [0.1, 0.15) is 19.3 Å². The number of cyclic esters (lactones) is 1. The normalized spacial score (nSPS) is 17.5. The first-order valence-corrected chi connectivity index (χ1v) is 18.5. The van der Waals surface area contributed by atoms with E-state index >= 15 is 0 Å². The van der Waals surface area contributed by atoms with Crippen LogP contribution < -0.4 is 16.2 Å². The smallest absolute Gasteiger partial charge is 0.465 e.